The average Bonchev–Trinajstić information content (AvgIpc) is 2.62. The van der Waals surface area contributed by atoms with Gasteiger partial charge in [-0.05, 0) is 29.8 Å². The summed E-state index contributed by atoms with van der Waals surface area (Å²) in [5.41, 5.74) is 9.01. The molecular weight excluding hydrogens is 325 g/mol. The third-order valence-electron chi connectivity index (χ3n) is 2.91. The minimum Gasteiger partial charge on any atom is -0.491 e. The zero-order chi connectivity index (χ0) is 17.9. The van der Waals surface area contributed by atoms with Gasteiger partial charge >= 0.3 is 13.6 Å². The number of ether oxygens (including phenoxy) is 2. The minimum absolute atomic E-state index is 0.0422. The molecule has 0 saturated heterocycles. The summed E-state index contributed by atoms with van der Waals surface area (Å²) < 4.78 is 15.5. The monoisotopic (exact) mass is 340 g/mol. The highest BCUT2D eigenvalue weighted by Crippen LogP contribution is 2.18. The van der Waals surface area contributed by atoms with Crippen LogP contribution in [0.5, 0.6) is 11.5 Å². The van der Waals surface area contributed by atoms with Crippen molar-refractivity contribution in [3.63, 3.8) is 0 Å². The van der Waals surface area contributed by atoms with E-state index in [2.05, 4.69) is 10.0 Å². The van der Waals surface area contributed by atoms with Crippen molar-refractivity contribution in [1.82, 2.24) is 0 Å². The summed E-state index contributed by atoms with van der Waals surface area (Å²) in [4.78, 5) is 13.3. The molecule has 0 bridgehead atoms. The van der Waals surface area contributed by atoms with Crippen LogP contribution in [0.2, 0.25) is 0 Å². The summed E-state index contributed by atoms with van der Waals surface area (Å²) in [6, 6.07) is 15.5. The lowest BCUT2D eigenvalue weighted by atomic mass is 9.88. The van der Waals surface area contributed by atoms with Crippen LogP contribution in [-0.2, 0) is 4.65 Å². The highest BCUT2D eigenvalue weighted by Gasteiger charge is 2.07. The Morgan fingerprint density at radius 1 is 1.12 bits per heavy atom. The van der Waals surface area contributed by atoms with Gasteiger partial charge in [0.1, 0.15) is 24.2 Å². The molecular formula is C16H15BN3O5. The fourth-order valence-electron chi connectivity index (χ4n) is 1.79. The maximum absolute atomic E-state index is 11.0. The molecule has 8 nitrogen and oxygen atoms in total. The van der Waals surface area contributed by atoms with Gasteiger partial charge in [0, 0.05) is 10.0 Å². The molecule has 1 atom stereocenters. The highest BCUT2D eigenvalue weighted by molar-refractivity contribution is 6.46. The van der Waals surface area contributed by atoms with Gasteiger partial charge in [-0.25, -0.2) is 4.79 Å². The Labute approximate surface area is 144 Å². The van der Waals surface area contributed by atoms with Gasteiger partial charge in [-0.2, -0.15) is 0 Å². The van der Waals surface area contributed by atoms with Gasteiger partial charge in [0.05, 0.1) is 6.61 Å². The Hall–Kier alpha value is -3.00. The van der Waals surface area contributed by atoms with Gasteiger partial charge in [-0.3, -0.25) is 0 Å². The Balaban J connectivity index is 1.69. The van der Waals surface area contributed by atoms with E-state index in [0.29, 0.717) is 5.75 Å². The molecule has 2 aromatic carbocycles. The average molecular weight is 340 g/mol. The number of benzene rings is 2. The number of nitrogens with zero attached hydrogens (tertiary/aromatic N) is 3. The maximum atomic E-state index is 11.0. The van der Waals surface area contributed by atoms with E-state index < -0.39 is 12.2 Å². The molecule has 2 rings (SSSR count). The molecule has 9 heteroatoms. The highest BCUT2D eigenvalue weighted by atomic mass is 16.6. The second-order valence-corrected chi connectivity index (χ2v) is 4.86. The minimum atomic E-state index is -1.04. The van der Waals surface area contributed by atoms with Crippen molar-refractivity contribution < 1.29 is 24.0 Å². The van der Waals surface area contributed by atoms with Crippen molar-refractivity contribution in [2.75, 3.05) is 13.2 Å². The fraction of sp³-hybridized carbons (Fsp3) is 0.188. The van der Waals surface area contributed by atoms with Crippen molar-refractivity contribution >= 4 is 19.0 Å². The van der Waals surface area contributed by atoms with Gasteiger partial charge in [0.2, 0.25) is 0 Å². The second kappa shape index (κ2) is 9.99. The van der Waals surface area contributed by atoms with Crippen LogP contribution < -0.4 is 14.9 Å². The number of aliphatic hydroxyl groups excluding tert-OH is 1. The van der Waals surface area contributed by atoms with Gasteiger partial charge < -0.3 is 19.2 Å². The first-order valence-electron chi connectivity index (χ1n) is 7.35. The first-order chi connectivity index (χ1) is 12.2. The van der Waals surface area contributed by atoms with Crippen molar-refractivity contribution in [3.8, 4) is 11.5 Å². The summed E-state index contributed by atoms with van der Waals surface area (Å²) in [7, 11) is 1.57. The smallest absolute Gasteiger partial charge is 0.402 e. The van der Waals surface area contributed by atoms with Crippen LogP contribution >= 0.6 is 0 Å². The van der Waals surface area contributed by atoms with E-state index in [-0.39, 0.29) is 19.0 Å². The predicted molar refractivity (Wildman–Crippen MR) is 90.9 cm³/mol. The summed E-state index contributed by atoms with van der Waals surface area (Å²) in [5, 5.41) is 12.6. The quantitative estimate of drug-likeness (QED) is 0.342. The molecule has 0 aromatic heterocycles. The molecule has 1 amide bonds. The topological polar surface area (TPSA) is 114 Å². The van der Waals surface area contributed by atoms with E-state index in [1.54, 1.807) is 19.6 Å². The van der Waals surface area contributed by atoms with Crippen LogP contribution in [0.3, 0.4) is 0 Å². The zero-order valence-corrected chi connectivity index (χ0v) is 13.2. The molecule has 1 radical (unpaired) electrons. The lowest BCUT2D eigenvalue weighted by Gasteiger charge is -2.13. The lowest BCUT2D eigenvalue weighted by molar-refractivity contribution is 0.0647. The van der Waals surface area contributed by atoms with E-state index in [1.165, 1.54) is 12.1 Å². The van der Waals surface area contributed by atoms with Crippen LogP contribution in [-0.4, -0.2) is 38.0 Å². The van der Waals surface area contributed by atoms with Crippen molar-refractivity contribution in [1.29, 1.82) is 0 Å². The molecule has 25 heavy (non-hydrogen) atoms. The second-order valence-electron chi connectivity index (χ2n) is 4.86. The van der Waals surface area contributed by atoms with E-state index in [0.717, 1.165) is 5.46 Å². The molecule has 127 valence electrons. The summed E-state index contributed by atoms with van der Waals surface area (Å²) in [6.07, 6.45) is -1.85. The molecule has 1 N–H and O–H groups in total. The van der Waals surface area contributed by atoms with Crippen LogP contribution in [0, 0.1) is 0 Å². The number of hydrogen-bond donors (Lipinski definition) is 1. The van der Waals surface area contributed by atoms with Crippen LogP contribution in [0.15, 0.2) is 59.7 Å². The molecule has 0 aliphatic heterocycles. The largest absolute Gasteiger partial charge is 0.491 e. The van der Waals surface area contributed by atoms with E-state index in [1.807, 2.05) is 30.3 Å². The van der Waals surface area contributed by atoms with Crippen molar-refractivity contribution in [2.24, 2.45) is 5.11 Å². The van der Waals surface area contributed by atoms with Gasteiger partial charge in [-0.1, -0.05) is 35.8 Å². The van der Waals surface area contributed by atoms with Gasteiger partial charge in [0.15, 0.2) is 0 Å². The maximum Gasteiger partial charge on any atom is 0.402 e. The van der Waals surface area contributed by atoms with E-state index >= 15 is 0 Å². The third-order valence-corrected chi connectivity index (χ3v) is 2.91. The Morgan fingerprint density at radius 3 is 2.48 bits per heavy atom. The standard InChI is InChI=1S/C16H15BN3O5/c18-20-19-16(22)25-15-8-6-14(7-9-15)23-10-13(21)11-24-17-12-4-2-1-3-5-12/h1-9,13,21H,10-11H2. The molecule has 2 aromatic rings. The summed E-state index contributed by atoms with van der Waals surface area (Å²) >= 11 is 0. The van der Waals surface area contributed by atoms with Crippen LogP contribution in [0.1, 0.15) is 0 Å². The summed E-state index contributed by atoms with van der Waals surface area (Å²) in [5.74, 6) is 0.695. The zero-order valence-electron chi connectivity index (χ0n) is 13.2. The fourth-order valence-corrected chi connectivity index (χ4v) is 1.79. The number of aliphatic hydroxyl groups is 1. The first kappa shape index (κ1) is 18.3. The predicted octanol–water partition coefficient (Wildman–Crippen LogP) is 2.20. The van der Waals surface area contributed by atoms with Gasteiger partial charge in [-0.15, -0.1) is 0 Å². The van der Waals surface area contributed by atoms with Crippen molar-refractivity contribution in [3.05, 3.63) is 65.0 Å². The van der Waals surface area contributed by atoms with E-state index in [9.17, 15) is 9.90 Å². The van der Waals surface area contributed by atoms with Crippen LogP contribution in [0.25, 0.3) is 10.4 Å². The number of carbonyl (C=O) groups is 1. The molecule has 1 unspecified atom stereocenters. The number of hydrogen-bond acceptors (Lipinski definition) is 5. The van der Waals surface area contributed by atoms with Gasteiger partial charge in [0.25, 0.3) is 0 Å². The molecule has 0 aliphatic rings. The number of amides is 1. The number of rotatable bonds is 8. The SMILES string of the molecule is [N-]=[N+]=NC(=O)Oc1ccc(OCC(O)CO[B]c2ccccc2)cc1. The normalized spacial score (nSPS) is 11.1. The van der Waals surface area contributed by atoms with Crippen LogP contribution in [0.4, 0.5) is 4.79 Å². The number of carbonyl (C=O) groups excluding carboxylic acids is 1. The number of azide groups is 1. The molecule has 0 aliphatic carbocycles. The first-order valence-corrected chi connectivity index (χ1v) is 7.35. The third kappa shape index (κ3) is 6.96. The molecule has 0 spiro atoms. The van der Waals surface area contributed by atoms with Crippen molar-refractivity contribution in [2.45, 2.75) is 6.10 Å². The van der Waals surface area contributed by atoms with E-state index in [4.69, 9.17) is 19.7 Å². The Morgan fingerprint density at radius 2 is 1.80 bits per heavy atom. The molecule has 0 fully saturated rings. The Kier molecular flexibility index (Phi) is 7.33. The summed E-state index contributed by atoms with van der Waals surface area (Å²) in [6.45, 7) is 0.136. The Bertz CT molecular complexity index is 720. The lowest BCUT2D eigenvalue weighted by Crippen LogP contribution is -2.27. The molecule has 0 saturated carbocycles. The molecule has 0 heterocycles.